The molecule has 0 spiro atoms. The number of benzene rings is 1. The summed E-state index contributed by atoms with van der Waals surface area (Å²) in [6.07, 6.45) is 2.35. The number of fused-ring (bicyclic) bond motifs is 1. The van der Waals surface area contributed by atoms with E-state index in [0.29, 0.717) is 12.0 Å². The summed E-state index contributed by atoms with van der Waals surface area (Å²) in [6, 6.07) is 13.8. The van der Waals surface area contributed by atoms with Crippen molar-refractivity contribution in [3.8, 4) is 11.8 Å². The molecule has 1 aromatic carbocycles. The zero-order valence-corrected chi connectivity index (χ0v) is 15.6. The molecule has 136 valence electrons. The van der Waals surface area contributed by atoms with E-state index in [1.54, 1.807) is 6.07 Å². The van der Waals surface area contributed by atoms with Gasteiger partial charge in [0, 0.05) is 41.5 Å². The normalized spacial score (nSPS) is 16.1. The molecule has 0 saturated carbocycles. The average molecular weight is 359 g/mol. The largest absolute Gasteiger partial charge is 0.320 e. The van der Waals surface area contributed by atoms with Gasteiger partial charge in [0.1, 0.15) is 5.82 Å². The molecular formula is C21H21N5O. The van der Waals surface area contributed by atoms with Gasteiger partial charge in [0.15, 0.2) is 0 Å². The van der Waals surface area contributed by atoms with Crippen molar-refractivity contribution in [3.05, 3.63) is 65.1 Å². The van der Waals surface area contributed by atoms with Crippen LogP contribution in [0.2, 0.25) is 0 Å². The van der Waals surface area contributed by atoms with Crippen molar-refractivity contribution in [1.29, 1.82) is 5.26 Å². The van der Waals surface area contributed by atoms with Crippen LogP contribution in [0.3, 0.4) is 0 Å². The molecule has 3 aromatic rings. The summed E-state index contributed by atoms with van der Waals surface area (Å²) in [6.45, 7) is 6.10. The van der Waals surface area contributed by atoms with E-state index in [1.807, 2.05) is 48.1 Å². The molecule has 4 rings (SSSR count). The minimum absolute atomic E-state index is 0.00664. The zero-order chi connectivity index (χ0) is 19.1. The lowest BCUT2D eigenvalue weighted by Gasteiger charge is -2.26. The maximum absolute atomic E-state index is 12.5. The van der Waals surface area contributed by atoms with E-state index < -0.39 is 0 Å². The van der Waals surface area contributed by atoms with Gasteiger partial charge in [0.25, 0.3) is 0 Å². The summed E-state index contributed by atoms with van der Waals surface area (Å²) in [5.41, 5.74) is 4.54. The number of nitrogens with zero attached hydrogens (tertiary/aromatic N) is 4. The first-order valence-corrected chi connectivity index (χ1v) is 9.06. The maximum atomic E-state index is 12.5. The van der Waals surface area contributed by atoms with Gasteiger partial charge in [0.05, 0.1) is 17.3 Å². The summed E-state index contributed by atoms with van der Waals surface area (Å²) in [5.74, 6) is 0.706. The van der Waals surface area contributed by atoms with Crippen molar-refractivity contribution < 1.29 is 4.79 Å². The monoisotopic (exact) mass is 359 g/mol. The molecule has 0 fully saturated rings. The van der Waals surface area contributed by atoms with Gasteiger partial charge in [-0.15, -0.1) is 0 Å². The Hall–Kier alpha value is -3.33. The van der Waals surface area contributed by atoms with Gasteiger partial charge in [-0.05, 0) is 51.1 Å². The van der Waals surface area contributed by atoms with Crippen molar-refractivity contribution in [2.45, 2.75) is 39.2 Å². The van der Waals surface area contributed by atoms with E-state index in [4.69, 9.17) is 0 Å². The van der Waals surface area contributed by atoms with E-state index in [1.165, 1.54) is 0 Å². The second kappa shape index (κ2) is 6.44. The van der Waals surface area contributed by atoms with Crippen molar-refractivity contribution in [3.63, 3.8) is 0 Å². The molecule has 0 aliphatic carbocycles. The molecule has 2 aromatic heterocycles. The van der Waals surface area contributed by atoms with Crippen LogP contribution in [0.5, 0.6) is 0 Å². The van der Waals surface area contributed by atoms with Crippen LogP contribution in [0, 0.1) is 18.3 Å². The third-order valence-electron chi connectivity index (χ3n) is 5.01. The lowest BCUT2D eigenvalue weighted by Crippen LogP contribution is -2.26. The van der Waals surface area contributed by atoms with Crippen LogP contribution in [0.1, 0.15) is 54.7 Å². The number of carbonyl (C=O) groups excluding carboxylic acids is 1. The third kappa shape index (κ3) is 2.81. The van der Waals surface area contributed by atoms with Gasteiger partial charge in [-0.3, -0.25) is 4.79 Å². The minimum Gasteiger partial charge on any atom is -0.320 e. The van der Waals surface area contributed by atoms with Gasteiger partial charge in [0.2, 0.25) is 5.91 Å². The van der Waals surface area contributed by atoms with Gasteiger partial charge >= 0.3 is 0 Å². The number of nitrogens with one attached hydrogen (secondary N) is 1. The quantitative estimate of drug-likeness (QED) is 0.770. The van der Waals surface area contributed by atoms with E-state index in [0.717, 1.165) is 28.5 Å². The van der Waals surface area contributed by atoms with Gasteiger partial charge in [-0.2, -0.15) is 10.4 Å². The standard InChI is InChI=1S/C21H21N5O/c1-13(2)26-21-20(14(3)24-26)17(11-19(27)23-21)18-8-5-9-25(18)16-7-4-6-15(10-16)12-22/h4-10,13,17H,11H2,1-3H3,(H,23,27). The summed E-state index contributed by atoms with van der Waals surface area (Å²) in [7, 11) is 0. The highest BCUT2D eigenvalue weighted by molar-refractivity contribution is 5.94. The molecule has 3 heterocycles. The molecule has 27 heavy (non-hydrogen) atoms. The second-order valence-electron chi connectivity index (χ2n) is 7.16. The van der Waals surface area contributed by atoms with Crippen LogP contribution < -0.4 is 5.32 Å². The molecule has 6 heteroatoms. The first kappa shape index (κ1) is 17.1. The number of hydrogen-bond donors (Lipinski definition) is 1. The van der Waals surface area contributed by atoms with Crippen LogP contribution in [0.15, 0.2) is 42.6 Å². The molecule has 1 aliphatic rings. The van der Waals surface area contributed by atoms with E-state index in [2.05, 4.69) is 34.9 Å². The van der Waals surface area contributed by atoms with Gasteiger partial charge in [-0.25, -0.2) is 4.68 Å². The zero-order valence-electron chi connectivity index (χ0n) is 15.6. The molecule has 1 amide bonds. The molecule has 0 radical (unpaired) electrons. The molecule has 1 aliphatic heterocycles. The Labute approximate surface area is 158 Å². The maximum Gasteiger partial charge on any atom is 0.226 e. The Morgan fingerprint density at radius 3 is 2.85 bits per heavy atom. The number of amides is 1. The third-order valence-corrected chi connectivity index (χ3v) is 5.01. The first-order chi connectivity index (χ1) is 13.0. The Bertz CT molecular complexity index is 1070. The number of anilines is 1. The predicted octanol–water partition coefficient (Wildman–Crippen LogP) is 3.91. The van der Waals surface area contributed by atoms with Crippen molar-refractivity contribution in [2.24, 2.45) is 0 Å². The first-order valence-electron chi connectivity index (χ1n) is 9.06. The lowest BCUT2D eigenvalue weighted by atomic mass is 9.89. The average Bonchev–Trinajstić information content (AvgIpc) is 3.26. The van der Waals surface area contributed by atoms with Gasteiger partial charge in [-0.1, -0.05) is 6.07 Å². The lowest BCUT2D eigenvalue weighted by molar-refractivity contribution is -0.116. The molecule has 1 unspecified atom stereocenters. The minimum atomic E-state index is -0.0815. The van der Waals surface area contributed by atoms with Crippen LogP contribution in [0.4, 0.5) is 5.82 Å². The van der Waals surface area contributed by atoms with E-state index in [9.17, 15) is 10.1 Å². The Kier molecular flexibility index (Phi) is 4.08. The fourth-order valence-electron chi connectivity index (χ4n) is 3.84. The highest BCUT2D eigenvalue weighted by Crippen LogP contribution is 2.40. The molecular weight excluding hydrogens is 338 g/mol. The molecule has 1 N–H and O–H groups in total. The van der Waals surface area contributed by atoms with Crippen LogP contribution >= 0.6 is 0 Å². The molecule has 6 nitrogen and oxygen atoms in total. The summed E-state index contributed by atoms with van der Waals surface area (Å²) in [4.78, 5) is 12.5. The highest BCUT2D eigenvalue weighted by atomic mass is 16.1. The van der Waals surface area contributed by atoms with Crippen molar-refractivity contribution in [2.75, 3.05) is 5.32 Å². The number of rotatable bonds is 3. The Morgan fingerprint density at radius 1 is 1.30 bits per heavy atom. The van der Waals surface area contributed by atoms with Crippen LogP contribution in [0.25, 0.3) is 5.69 Å². The second-order valence-corrected chi connectivity index (χ2v) is 7.16. The Morgan fingerprint density at radius 2 is 2.11 bits per heavy atom. The fraction of sp³-hybridized carbons (Fsp3) is 0.286. The Balaban J connectivity index is 1.86. The smallest absolute Gasteiger partial charge is 0.226 e. The SMILES string of the molecule is Cc1nn(C(C)C)c2c1C(c1cccn1-c1cccc(C#N)c1)CC(=O)N2. The van der Waals surface area contributed by atoms with E-state index >= 15 is 0 Å². The topological polar surface area (TPSA) is 75.6 Å². The van der Waals surface area contributed by atoms with Crippen LogP contribution in [-0.2, 0) is 4.79 Å². The number of aromatic nitrogens is 3. The molecule has 0 bridgehead atoms. The number of aryl methyl sites for hydroxylation is 1. The molecule has 0 saturated heterocycles. The summed E-state index contributed by atoms with van der Waals surface area (Å²) in [5, 5.41) is 16.9. The summed E-state index contributed by atoms with van der Waals surface area (Å²) >= 11 is 0. The van der Waals surface area contributed by atoms with Crippen LogP contribution in [-0.4, -0.2) is 20.3 Å². The highest BCUT2D eigenvalue weighted by Gasteiger charge is 2.34. The van der Waals surface area contributed by atoms with Gasteiger partial charge < -0.3 is 9.88 Å². The van der Waals surface area contributed by atoms with Crippen molar-refractivity contribution >= 4 is 11.7 Å². The fourth-order valence-corrected chi connectivity index (χ4v) is 3.84. The van der Waals surface area contributed by atoms with Crippen molar-refractivity contribution in [1.82, 2.24) is 14.3 Å². The number of hydrogen-bond acceptors (Lipinski definition) is 3. The number of carbonyl (C=O) groups is 1. The van der Waals surface area contributed by atoms with E-state index in [-0.39, 0.29) is 17.9 Å². The predicted molar refractivity (Wildman–Crippen MR) is 103 cm³/mol. The number of nitriles is 1. The summed E-state index contributed by atoms with van der Waals surface area (Å²) < 4.78 is 3.94. The molecule has 1 atom stereocenters.